The van der Waals surface area contributed by atoms with Crippen molar-refractivity contribution >= 4 is 0 Å². The Hall–Kier alpha value is -0.910. The van der Waals surface area contributed by atoms with E-state index < -0.39 is 0 Å². The van der Waals surface area contributed by atoms with Crippen molar-refractivity contribution in [3.05, 3.63) is 18.0 Å². The molecule has 5 nitrogen and oxygen atoms in total. The third kappa shape index (κ3) is 4.05. The Labute approximate surface area is 128 Å². The monoisotopic (exact) mass is 291 g/mol. The molecule has 2 aliphatic heterocycles. The Bertz CT molecular complexity index is 436. The Kier molecular flexibility index (Phi) is 4.93. The number of nitrogens with one attached hydrogen (secondary N) is 1. The molecule has 3 heterocycles. The first-order chi connectivity index (χ1) is 10.2. The minimum atomic E-state index is 0.654. The molecule has 3 rings (SSSR count). The zero-order valence-electron chi connectivity index (χ0n) is 13.5. The van der Waals surface area contributed by atoms with E-state index in [2.05, 4.69) is 44.9 Å². The van der Waals surface area contributed by atoms with E-state index in [4.69, 9.17) is 0 Å². The number of likely N-dealkylation sites (tertiary alicyclic amines) is 1. The van der Waals surface area contributed by atoms with Gasteiger partial charge < -0.3 is 5.32 Å². The van der Waals surface area contributed by atoms with Gasteiger partial charge in [0.1, 0.15) is 0 Å². The molecule has 0 aromatic carbocycles. The summed E-state index contributed by atoms with van der Waals surface area (Å²) in [5, 5.41) is 7.92. The van der Waals surface area contributed by atoms with Crippen molar-refractivity contribution in [2.45, 2.75) is 39.4 Å². The first-order valence-corrected chi connectivity index (χ1v) is 8.39. The van der Waals surface area contributed by atoms with Gasteiger partial charge in [0.25, 0.3) is 0 Å². The maximum atomic E-state index is 4.48. The third-order valence-electron chi connectivity index (χ3n) is 4.56. The van der Waals surface area contributed by atoms with Crippen LogP contribution in [0.5, 0.6) is 0 Å². The summed E-state index contributed by atoms with van der Waals surface area (Å²) in [6.07, 6.45) is 5.58. The summed E-state index contributed by atoms with van der Waals surface area (Å²) in [6.45, 7) is 13.7. The summed E-state index contributed by atoms with van der Waals surface area (Å²) in [5.41, 5.74) is 1.36. The van der Waals surface area contributed by atoms with Crippen LogP contribution in [0.4, 0.5) is 0 Å². The lowest BCUT2D eigenvalue weighted by Crippen LogP contribution is -2.49. The average molecular weight is 291 g/mol. The van der Waals surface area contributed by atoms with Gasteiger partial charge in [-0.1, -0.05) is 13.8 Å². The van der Waals surface area contributed by atoms with Crippen LogP contribution in [0, 0.1) is 5.92 Å². The second-order valence-corrected chi connectivity index (χ2v) is 6.93. The fourth-order valence-electron chi connectivity index (χ4n) is 3.52. The van der Waals surface area contributed by atoms with Crippen molar-refractivity contribution in [1.29, 1.82) is 0 Å². The van der Waals surface area contributed by atoms with Crippen LogP contribution in [-0.4, -0.2) is 64.9 Å². The molecule has 1 atom stereocenters. The zero-order chi connectivity index (χ0) is 14.7. The van der Waals surface area contributed by atoms with Crippen molar-refractivity contribution in [3.63, 3.8) is 0 Å². The summed E-state index contributed by atoms with van der Waals surface area (Å²) in [4.78, 5) is 5.25. The van der Waals surface area contributed by atoms with Gasteiger partial charge in [-0.3, -0.25) is 14.5 Å². The number of piperazine rings is 1. The van der Waals surface area contributed by atoms with E-state index in [-0.39, 0.29) is 0 Å². The van der Waals surface area contributed by atoms with Crippen LogP contribution < -0.4 is 5.32 Å². The standard InChI is InChI=1S/C16H29N5/c1-14(2)10-21-12-15(9-18-21)11-19-6-3-16(13-19)20-7-4-17-5-8-20/h9,12,14,16-17H,3-8,10-11,13H2,1-2H3. The molecule has 0 spiro atoms. The van der Waals surface area contributed by atoms with Crippen molar-refractivity contribution in [3.8, 4) is 0 Å². The Morgan fingerprint density at radius 3 is 2.86 bits per heavy atom. The summed E-state index contributed by atoms with van der Waals surface area (Å²) >= 11 is 0. The number of aromatic nitrogens is 2. The molecule has 2 saturated heterocycles. The molecule has 1 aromatic rings. The number of rotatable bonds is 5. The highest BCUT2D eigenvalue weighted by Gasteiger charge is 2.28. The van der Waals surface area contributed by atoms with E-state index in [1.165, 1.54) is 38.2 Å². The van der Waals surface area contributed by atoms with Crippen molar-refractivity contribution in [2.75, 3.05) is 39.3 Å². The predicted molar refractivity (Wildman–Crippen MR) is 85.2 cm³/mol. The Balaban J connectivity index is 1.48. The maximum absolute atomic E-state index is 4.48. The number of hydrogen-bond donors (Lipinski definition) is 1. The lowest BCUT2D eigenvalue weighted by Gasteiger charge is -2.32. The van der Waals surface area contributed by atoms with Gasteiger partial charge in [0.15, 0.2) is 0 Å². The molecule has 2 aliphatic rings. The predicted octanol–water partition coefficient (Wildman–Crippen LogP) is 1.02. The van der Waals surface area contributed by atoms with Crippen LogP contribution in [0.1, 0.15) is 25.8 Å². The molecule has 2 fully saturated rings. The fourth-order valence-corrected chi connectivity index (χ4v) is 3.52. The van der Waals surface area contributed by atoms with Crippen LogP contribution in [-0.2, 0) is 13.1 Å². The van der Waals surface area contributed by atoms with Crippen LogP contribution in [0.2, 0.25) is 0 Å². The van der Waals surface area contributed by atoms with Crippen LogP contribution in [0.3, 0.4) is 0 Å². The molecular weight excluding hydrogens is 262 g/mol. The minimum absolute atomic E-state index is 0.654. The van der Waals surface area contributed by atoms with Gasteiger partial charge >= 0.3 is 0 Å². The topological polar surface area (TPSA) is 36.3 Å². The van der Waals surface area contributed by atoms with E-state index in [1.54, 1.807) is 0 Å². The molecule has 1 aromatic heterocycles. The van der Waals surface area contributed by atoms with Crippen LogP contribution in [0.25, 0.3) is 0 Å². The smallest absolute Gasteiger partial charge is 0.0534 e. The second kappa shape index (κ2) is 6.90. The Morgan fingerprint density at radius 1 is 1.29 bits per heavy atom. The zero-order valence-corrected chi connectivity index (χ0v) is 13.5. The molecule has 1 N–H and O–H groups in total. The quantitative estimate of drug-likeness (QED) is 0.879. The molecule has 0 radical (unpaired) electrons. The first kappa shape index (κ1) is 15.0. The minimum Gasteiger partial charge on any atom is -0.314 e. The van der Waals surface area contributed by atoms with Gasteiger partial charge in [-0.15, -0.1) is 0 Å². The summed E-state index contributed by atoms with van der Waals surface area (Å²) < 4.78 is 2.09. The number of nitrogens with zero attached hydrogens (tertiary/aromatic N) is 4. The summed E-state index contributed by atoms with van der Waals surface area (Å²) in [6, 6.07) is 0.762. The van der Waals surface area contributed by atoms with Gasteiger partial charge in [-0.2, -0.15) is 5.10 Å². The molecule has 0 aliphatic carbocycles. The average Bonchev–Trinajstić information content (AvgIpc) is 3.09. The lowest BCUT2D eigenvalue weighted by atomic mass is 10.2. The highest BCUT2D eigenvalue weighted by Crippen LogP contribution is 2.18. The van der Waals surface area contributed by atoms with E-state index >= 15 is 0 Å². The van der Waals surface area contributed by atoms with Crippen LogP contribution >= 0.6 is 0 Å². The summed E-state index contributed by atoms with van der Waals surface area (Å²) in [7, 11) is 0. The molecule has 1 unspecified atom stereocenters. The van der Waals surface area contributed by atoms with Gasteiger partial charge in [0, 0.05) is 70.2 Å². The maximum Gasteiger partial charge on any atom is 0.0534 e. The third-order valence-corrected chi connectivity index (χ3v) is 4.56. The molecule has 21 heavy (non-hydrogen) atoms. The Morgan fingerprint density at radius 2 is 2.10 bits per heavy atom. The van der Waals surface area contributed by atoms with E-state index in [0.29, 0.717) is 5.92 Å². The normalized spacial score (nSPS) is 25.0. The molecular formula is C16H29N5. The molecule has 0 amide bonds. The van der Waals surface area contributed by atoms with Crippen LogP contribution in [0.15, 0.2) is 12.4 Å². The molecule has 118 valence electrons. The van der Waals surface area contributed by atoms with Crippen molar-refractivity contribution in [1.82, 2.24) is 24.9 Å². The second-order valence-electron chi connectivity index (χ2n) is 6.93. The van der Waals surface area contributed by atoms with Crippen molar-refractivity contribution in [2.24, 2.45) is 5.92 Å². The summed E-state index contributed by atoms with van der Waals surface area (Å²) in [5.74, 6) is 0.654. The largest absolute Gasteiger partial charge is 0.314 e. The van der Waals surface area contributed by atoms with E-state index in [9.17, 15) is 0 Å². The van der Waals surface area contributed by atoms with E-state index in [0.717, 1.165) is 32.2 Å². The molecule has 0 saturated carbocycles. The first-order valence-electron chi connectivity index (χ1n) is 8.39. The molecule has 5 heteroatoms. The van der Waals surface area contributed by atoms with Gasteiger partial charge in [0.2, 0.25) is 0 Å². The molecule has 0 bridgehead atoms. The SMILES string of the molecule is CC(C)Cn1cc(CN2CCC(N3CCNCC3)C2)cn1. The van der Waals surface area contributed by atoms with Gasteiger partial charge in [0.05, 0.1) is 6.20 Å². The lowest BCUT2D eigenvalue weighted by molar-refractivity contribution is 0.170. The van der Waals surface area contributed by atoms with E-state index in [1.807, 2.05) is 6.20 Å². The highest BCUT2D eigenvalue weighted by atomic mass is 15.3. The van der Waals surface area contributed by atoms with Gasteiger partial charge in [-0.25, -0.2) is 0 Å². The highest BCUT2D eigenvalue weighted by molar-refractivity contribution is 5.04. The van der Waals surface area contributed by atoms with Crippen molar-refractivity contribution < 1.29 is 0 Å². The fraction of sp³-hybridized carbons (Fsp3) is 0.812. The van der Waals surface area contributed by atoms with Gasteiger partial charge in [-0.05, 0) is 12.3 Å². The number of hydrogen-bond acceptors (Lipinski definition) is 4.